The Morgan fingerprint density at radius 2 is 1.32 bits per heavy atom. The van der Waals surface area contributed by atoms with E-state index in [1.54, 1.807) is 31.2 Å². The predicted octanol–water partition coefficient (Wildman–Crippen LogP) is -2.29. The predicted molar refractivity (Wildman–Crippen MR) is 312 cm³/mol. The normalized spacial score (nSPS) is 12.8. The van der Waals surface area contributed by atoms with Crippen LogP contribution in [0.1, 0.15) is 87.8 Å². The number of aliphatic carboxylic acids is 2. The Bertz CT molecular complexity index is 2910. The van der Waals surface area contributed by atoms with Crippen molar-refractivity contribution in [1.82, 2.24) is 72.8 Å². The molecule has 3 rings (SSSR count). The fourth-order valence-corrected chi connectivity index (χ4v) is 7.98. The smallest absolute Gasteiger partial charge is 0.371 e. The van der Waals surface area contributed by atoms with E-state index in [1.165, 1.54) is 37.1 Å². The van der Waals surface area contributed by atoms with Gasteiger partial charge in [-0.3, -0.25) is 57.5 Å². The van der Waals surface area contributed by atoms with Crippen LogP contribution >= 0.6 is 0 Å². The van der Waals surface area contributed by atoms with Crippen LogP contribution < -0.4 is 52.6 Å². The molecule has 35 heteroatoms. The zero-order valence-electron chi connectivity index (χ0n) is 50.7. The molecule has 0 aliphatic heterocycles. The summed E-state index contributed by atoms with van der Waals surface area (Å²) in [5.74, 6) is -11.4. The number of nitrogens with one attached hydrogen (secondary N) is 9. The third-order valence-electron chi connectivity index (χ3n) is 12.6. The molecule has 3 aromatic rings. The Balaban J connectivity index is 1.70. The Morgan fingerprint density at radius 1 is 0.703 bits per heavy atom. The molecule has 1 aromatic carbocycles. The number of nitrogens with zero attached hydrogens (tertiary/aromatic N) is 6. The third kappa shape index (κ3) is 30.3. The van der Waals surface area contributed by atoms with E-state index in [4.69, 9.17) is 25.5 Å². The molecule has 0 saturated carbocycles. The lowest BCUT2D eigenvalue weighted by Crippen LogP contribution is -2.60. The van der Waals surface area contributed by atoms with Crippen LogP contribution in [0.3, 0.4) is 0 Å². The number of carboxylic acid groups (broad SMARTS) is 2. The number of rotatable bonds is 46. The minimum atomic E-state index is -1.88. The highest BCUT2D eigenvalue weighted by atomic mass is 18.2. The zero-order valence-corrected chi connectivity index (χ0v) is 50.7. The van der Waals surface area contributed by atoms with Gasteiger partial charge in [0.2, 0.25) is 47.3 Å². The molecule has 2 aromatic heterocycles. The van der Waals surface area contributed by atoms with Gasteiger partial charge in [-0.25, -0.2) is 9.07 Å². The molecule has 6 atom stereocenters. The Kier molecular flexibility index (Phi) is 35.0. The topological polar surface area (TPSA) is 461 Å². The van der Waals surface area contributed by atoms with E-state index in [1.807, 2.05) is 0 Å². The van der Waals surface area contributed by atoms with Crippen molar-refractivity contribution in [3.05, 3.63) is 71.1 Å². The van der Waals surface area contributed by atoms with Gasteiger partial charge in [0.15, 0.2) is 5.75 Å². The second-order valence-corrected chi connectivity index (χ2v) is 20.2. The highest BCUT2D eigenvalue weighted by Gasteiger charge is 2.35. The maximum Gasteiger partial charge on any atom is 0.371 e. The molecular weight excluding hydrogens is 1200 g/mol. The largest absolute Gasteiger partial charge is 0.487 e. The first kappa shape index (κ1) is 75.4. The summed E-state index contributed by atoms with van der Waals surface area (Å²) in [5, 5.41) is 49.4. The lowest BCUT2D eigenvalue weighted by atomic mass is 10.0. The van der Waals surface area contributed by atoms with Crippen molar-refractivity contribution >= 4 is 77.5 Å². The van der Waals surface area contributed by atoms with Crippen molar-refractivity contribution < 1.29 is 95.8 Å². The van der Waals surface area contributed by atoms with Crippen molar-refractivity contribution in [2.75, 3.05) is 72.6 Å². The van der Waals surface area contributed by atoms with Crippen LogP contribution in [0.2, 0.25) is 0 Å². The van der Waals surface area contributed by atoms with E-state index < -0.39 is 140 Å². The summed E-state index contributed by atoms with van der Waals surface area (Å²) in [6.07, 6.45) is 2.48. The van der Waals surface area contributed by atoms with Gasteiger partial charge in [0.25, 0.3) is 12.4 Å². The third-order valence-corrected chi connectivity index (χ3v) is 12.6. The molecule has 11 N–H and O–H groups in total. The molecule has 34 nitrogen and oxygen atoms in total. The molecular formula is C56H78FN15O19. The van der Waals surface area contributed by atoms with E-state index in [2.05, 4.69) is 77.7 Å². The molecule has 2 heterocycles. The first-order valence-corrected chi connectivity index (χ1v) is 28.8. The van der Waals surface area contributed by atoms with Crippen molar-refractivity contribution in [3.8, 4) is 5.75 Å². The van der Waals surface area contributed by atoms with E-state index in [9.17, 15) is 72.1 Å². The van der Waals surface area contributed by atoms with Gasteiger partial charge in [0, 0.05) is 44.6 Å². The van der Waals surface area contributed by atoms with Crippen LogP contribution in [0.15, 0.2) is 42.9 Å². The number of halogens is 1. The number of hydrogen-bond donors (Lipinski definition) is 11. The van der Waals surface area contributed by atoms with E-state index in [0.29, 0.717) is 23.3 Å². The molecule has 9 amide bonds. The maximum absolute atomic E-state index is 13.9. The fraction of sp³-hybridized carbons (Fsp3) is 0.554. The van der Waals surface area contributed by atoms with Crippen LogP contribution in [0.5, 0.6) is 5.75 Å². The number of hydrogen-bond acceptors (Lipinski definition) is 21. The summed E-state index contributed by atoms with van der Waals surface area (Å²) >= 11 is 0. The molecule has 0 radical (unpaired) electrons. The van der Waals surface area contributed by atoms with Gasteiger partial charge in [-0.05, 0) is 42.9 Å². The van der Waals surface area contributed by atoms with Gasteiger partial charge in [-0.2, -0.15) is 9.97 Å². The first-order valence-electron chi connectivity index (χ1n) is 28.8. The van der Waals surface area contributed by atoms with Crippen LogP contribution in [0.25, 0.3) is 4.85 Å². The average molecular weight is 1280 g/mol. The average Bonchev–Trinajstić information content (AvgIpc) is 3.69. The van der Waals surface area contributed by atoms with E-state index in [-0.39, 0.29) is 109 Å². The molecule has 0 aliphatic carbocycles. The number of aromatic nitrogens is 5. The monoisotopic (exact) mass is 1280 g/mol. The van der Waals surface area contributed by atoms with Gasteiger partial charge in [-0.1, -0.05) is 44.5 Å². The second-order valence-electron chi connectivity index (χ2n) is 20.2. The molecule has 91 heavy (non-hydrogen) atoms. The molecule has 0 bridgehead atoms. The number of carbonyl (C=O) groups is 12. The summed E-state index contributed by atoms with van der Waals surface area (Å²) in [5.41, 5.74) is 1.17. The standard InChI is InChI=1S/C56H78FN15O19/c1-6-8-40(66-53(84)43(26-47(78)79)68-55(86)48(34(2)3)69-52(83)41(13-14-46(76)77)67-54(85)44(32-90-33-73)64-35(4)74)50(81)61-30-45(75)65-42(25-38-31-72(71-70-38)17-20-88-22-24-89-23-21-87-19-15-57)51(82)60-27-36-9-11-37(12-10-36)49(80)59-16-7-18-91-39-28-62-56(58-5)63-29-39/h9-12,28-29,31,33-34,40-44,48H,6-8,13-27,30,32H2,1-4H3,(H,59,80)(H,60,82)(H,61,81)(H,64,74)(H,65,75)(H,66,84)(H,67,85)(H,68,86)(H,69,83)(H,76,77)(H,78,79)/t40-,41-,42-,43-,44-,48-/m0/s1/i57-1. The first-order chi connectivity index (χ1) is 43.6. The minimum absolute atomic E-state index is 0.0000451. The summed E-state index contributed by atoms with van der Waals surface area (Å²) < 4.78 is 39.7. The summed E-state index contributed by atoms with van der Waals surface area (Å²) in [4.78, 5) is 165. The van der Waals surface area contributed by atoms with Crippen LogP contribution in [-0.2, 0) is 91.2 Å². The lowest BCUT2D eigenvalue weighted by molar-refractivity contribution is -0.142. The maximum atomic E-state index is 13.9. The van der Waals surface area contributed by atoms with E-state index >= 15 is 0 Å². The number of amides is 9. The summed E-state index contributed by atoms with van der Waals surface area (Å²) in [7, 11) is 0. The highest BCUT2D eigenvalue weighted by molar-refractivity contribution is 5.98. The quantitative estimate of drug-likeness (QED) is 0.0161. The second kappa shape index (κ2) is 42.2. The molecule has 0 aliphatic rings. The Morgan fingerprint density at radius 3 is 1.92 bits per heavy atom. The van der Waals surface area contributed by atoms with Crippen molar-refractivity contribution in [3.63, 3.8) is 0 Å². The SMILES string of the molecule is [C-]#[N+]c1ncc(OCCCNC(=O)c2ccc(CNC(=O)[C@H](Cc3cn(CCOCCOCCOCC[18F])nn3)NC(=O)CNC(=O)[C@H](CCC)NC(=O)[C@H](CC(=O)O)NC(=O)[C@@H](NC(=O)[C@H](CCC(=O)O)NC(=O)[C@H](COC=O)NC(C)=O)C(C)C)cc2)cn1. The lowest BCUT2D eigenvalue weighted by Gasteiger charge is -2.28. The van der Waals surface area contributed by atoms with Gasteiger partial charge < -0.3 is 86.6 Å². The minimum Gasteiger partial charge on any atom is -0.487 e. The fourth-order valence-electron chi connectivity index (χ4n) is 7.98. The van der Waals surface area contributed by atoms with Crippen molar-refractivity contribution in [2.45, 2.75) is 122 Å². The molecule has 0 unspecified atom stereocenters. The molecule has 0 saturated heterocycles. The zero-order chi connectivity index (χ0) is 67.1. The number of carboxylic acids is 2. The molecule has 0 spiro atoms. The Labute approximate surface area is 522 Å². The van der Waals surface area contributed by atoms with Gasteiger partial charge >= 0.3 is 17.9 Å². The number of carbonyl (C=O) groups excluding carboxylic acids is 10. The number of ether oxygens (including phenoxy) is 5. The molecule has 0 fully saturated rings. The highest BCUT2D eigenvalue weighted by Crippen LogP contribution is 2.12. The molecule has 498 valence electrons. The van der Waals surface area contributed by atoms with Crippen LogP contribution in [0.4, 0.5) is 10.3 Å². The Hall–Kier alpha value is -9.82. The number of benzene rings is 1. The van der Waals surface area contributed by atoms with Gasteiger partial charge in [0.05, 0.1) is 71.5 Å². The van der Waals surface area contributed by atoms with Gasteiger partial charge in [0.1, 0.15) is 61.9 Å². The van der Waals surface area contributed by atoms with Gasteiger partial charge in [-0.15, -0.1) is 11.7 Å². The number of alkyl halides is 1. The van der Waals surface area contributed by atoms with Crippen LogP contribution in [-0.4, -0.2) is 216 Å². The van der Waals surface area contributed by atoms with Crippen molar-refractivity contribution in [1.29, 1.82) is 0 Å². The van der Waals surface area contributed by atoms with Crippen molar-refractivity contribution in [2.24, 2.45) is 5.92 Å². The summed E-state index contributed by atoms with van der Waals surface area (Å²) in [6.45, 7) is 12.4. The van der Waals surface area contributed by atoms with Crippen LogP contribution in [0, 0.1) is 12.5 Å². The summed E-state index contributed by atoms with van der Waals surface area (Å²) in [6, 6.07) is -3.03. The van der Waals surface area contributed by atoms with E-state index in [0.717, 1.165) is 6.92 Å².